The molecule has 0 spiro atoms. The summed E-state index contributed by atoms with van der Waals surface area (Å²) in [6.45, 7) is 1.15. The minimum Gasteiger partial charge on any atom is -0.312 e. The molecule has 1 aliphatic rings. The number of benzene rings is 1. The Morgan fingerprint density at radius 3 is 2.67 bits per heavy atom. The second-order valence-corrected chi connectivity index (χ2v) is 4.57. The van der Waals surface area contributed by atoms with Gasteiger partial charge in [-0.15, -0.1) is 0 Å². The van der Waals surface area contributed by atoms with Crippen molar-refractivity contribution < 1.29 is 0 Å². The lowest BCUT2D eigenvalue weighted by Crippen LogP contribution is -2.41. The van der Waals surface area contributed by atoms with Crippen molar-refractivity contribution in [1.82, 2.24) is 10.2 Å². The van der Waals surface area contributed by atoms with E-state index in [9.17, 15) is 0 Å². The number of hydrogen-bond donors (Lipinski definition) is 1. The van der Waals surface area contributed by atoms with Crippen molar-refractivity contribution >= 4 is 0 Å². The average molecular weight is 204 g/mol. The van der Waals surface area contributed by atoms with Crippen LogP contribution in [0.2, 0.25) is 0 Å². The van der Waals surface area contributed by atoms with Gasteiger partial charge in [-0.3, -0.25) is 0 Å². The SMILES string of the molecule is CN(C)[C@@H]1CCN[C@H]1Cc1ccccc1. The molecule has 1 heterocycles. The van der Waals surface area contributed by atoms with E-state index < -0.39 is 0 Å². The monoisotopic (exact) mass is 204 g/mol. The second-order valence-electron chi connectivity index (χ2n) is 4.57. The minimum atomic E-state index is 0.613. The van der Waals surface area contributed by atoms with Crippen LogP contribution < -0.4 is 5.32 Å². The van der Waals surface area contributed by atoms with Gasteiger partial charge < -0.3 is 10.2 Å². The Hall–Kier alpha value is -0.860. The Labute approximate surface area is 92.3 Å². The third kappa shape index (κ3) is 2.58. The smallest absolute Gasteiger partial charge is 0.0264 e. The van der Waals surface area contributed by atoms with Crippen LogP contribution in [-0.2, 0) is 6.42 Å². The lowest BCUT2D eigenvalue weighted by molar-refractivity contribution is 0.267. The van der Waals surface area contributed by atoms with Crippen molar-refractivity contribution in [2.75, 3.05) is 20.6 Å². The third-order valence-electron chi connectivity index (χ3n) is 3.27. The molecule has 2 rings (SSSR count). The van der Waals surface area contributed by atoms with E-state index in [0.717, 1.165) is 13.0 Å². The molecular formula is C13H20N2. The van der Waals surface area contributed by atoms with E-state index in [4.69, 9.17) is 0 Å². The van der Waals surface area contributed by atoms with E-state index in [1.165, 1.54) is 12.0 Å². The maximum Gasteiger partial charge on any atom is 0.0264 e. The minimum absolute atomic E-state index is 0.613. The van der Waals surface area contributed by atoms with Gasteiger partial charge in [-0.2, -0.15) is 0 Å². The van der Waals surface area contributed by atoms with E-state index in [-0.39, 0.29) is 0 Å². The molecule has 0 bridgehead atoms. The highest BCUT2D eigenvalue weighted by Gasteiger charge is 2.27. The first kappa shape index (κ1) is 10.7. The maximum atomic E-state index is 3.59. The maximum absolute atomic E-state index is 3.59. The molecule has 0 amide bonds. The normalized spacial score (nSPS) is 26.1. The fourth-order valence-electron chi connectivity index (χ4n) is 2.45. The summed E-state index contributed by atoms with van der Waals surface area (Å²) < 4.78 is 0. The Kier molecular flexibility index (Phi) is 3.39. The number of nitrogens with zero attached hydrogens (tertiary/aromatic N) is 1. The van der Waals surface area contributed by atoms with Crippen molar-refractivity contribution in [2.45, 2.75) is 24.9 Å². The van der Waals surface area contributed by atoms with Crippen LogP contribution in [0.5, 0.6) is 0 Å². The first-order valence-corrected chi connectivity index (χ1v) is 5.71. The van der Waals surface area contributed by atoms with Gasteiger partial charge in [0.25, 0.3) is 0 Å². The molecule has 0 unspecified atom stereocenters. The summed E-state index contributed by atoms with van der Waals surface area (Å²) in [7, 11) is 4.35. The Balaban J connectivity index is 2.00. The molecule has 0 radical (unpaired) electrons. The van der Waals surface area contributed by atoms with Gasteiger partial charge in [-0.25, -0.2) is 0 Å². The number of hydrogen-bond acceptors (Lipinski definition) is 2. The number of likely N-dealkylation sites (N-methyl/N-ethyl adjacent to an activating group) is 1. The predicted octanol–water partition coefficient (Wildman–Crippen LogP) is 1.52. The van der Waals surface area contributed by atoms with Crippen molar-refractivity contribution in [2.24, 2.45) is 0 Å². The first-order chi connectivity index (χ1) is 7.27. The van der Waals surface area contributed by atoms with Gasteiger partial charge in [-0.05, 0) is 39.0 Å². The lowest BCUT2D eigenvalue weighted by atomic mass is 10.0. The zero-order valence-corrected chi connectivity index (χ0v) is 9.61. The Bertz CT molecular complexity index is 295. The highest BCUT2D eigenvalue weighted by atomic mass is 15.2. The highest BCUT2D eigenvalue weighted by molar-refractivity contribution is 5.17. The van der Waals surface area contributed by atoms with E-state index in [1.807, 2.05) is 0 Å². The van der Waals surface area contributed by atoms with Gasteiger partial charge in [0.15, 0.2) is 0 Å². The van der Waals surface area contributed by atoms with Gasteiger partial charge in [0.1, 0.15) is 0 Å². The van der Waals surface area contributed by atoms with Gasteiger partial charge >= 0.3 is 0 Å². The molecule has 0 saturated carbocycles. The van der Waals surface area contributed by atoms with Crippen LogP contribution in [0.15, 0.2) is 30.3 Å². The zero-order valence-electron chi connectivity index (χ0n) is 9.61. The van der Waals surface area contributed by atoms with Crippen LogP contribution >= 0.6 is 0 Å². The molecule has 15 heavy (non-hydrogen) atoms. The summed E-state index contributed by atoms with van der Waals surface area (Å²) in [5.41, 5.74) is 1.43. The van der Waals surface area contributed by atoms with Crippen molar-refractivity contribution in [3.63, 3.8) is 0 Å². The largest absolute Gasteiger partial charge is 0.312 e. The van der Waals surface area contributed by atoms with Crippen LogP contribution in [0, 0.1) is 0 Å². The van der Waals surface area contributed by atoms with E-state index in [0.29, 0.717) is 12.1 Å². The molecule has 82 valence electrons. The van der Waals surface area contributed by atoms with Crippen LogP contribution in [-0.4, -0.2) is 37.6 Å². The molecule has 1 aromatic carbocycles. The summed E-state index contributed by atoms with van der Waals surface area (Å²) in [5, 5.41) is 3.59. The first-order valence-electron chi connectivity index (χ1n) is 5.71. The van der Waals surface area contributed by atoms with Crippen molar-refractivity contribution in [3.05, 3.63) is 35.9 Å². The van der Waals surface area contributed by atoms with Crippen LogP contribution in [0.1, 0.15) is 12.0 Å². The van der Waals surface area contributed by atoms with Crippen LogP contribution in [0.25, 0.3) is 0 Å². The molecule has 0 aromatic heterocycles. The topological polar surface area (TPSA) is 15.3 Å². The molecule has 1 N–H and O–H groups in total. The van der Waals surface area contributed by atoms with Crippen molar-refractivity contribution in [3.8, 4) is 0 Å². The third-order valence-corrected chi connectivity index (χ3v) is 3.27. The highest BCUT2D eigenvalue weighted by Crippen LogP contribution is 2.16. The number of rotatable bonds is 3. The summed E-state index contributed by atoms with van der Waals surface area (Å²) in [6, 6.07) is 12.0. The number of nitrogens with one attached hydrogen (secondary N) is 1. The molecular weight excluding hydrogens is 184 g/mol. The van der Waals surface area contributed by atoms with Crippen LogP contribution in [0.4, 0.5) is 0 Å². The molecule has 1 aliphatic heterocycles. The lowest BCUT2D eigenvalue weighted by Gasteiger charge is -2.25. The van der Waals surface area contributed by atoms with Gasteiger partial charge in [0.2, 0.25) is 0 Å². The molecule has 0 aliphatic carbocycles. The molecule has 2 heteroatoms. The predicted molar refractivity (Wildman–Crippen MR) is 64.0 cm³/mol. The van der Waals surface area contributed by atoms with Crippen LogP contribution in [0.3, 0.4) is 0 Å². The average Bonchev–Trinajstić information content (AvgIpc) is 2.67. The van der Waals surface area contributed by atoms with Gasteiger partial charge in [0.05, 0.1) is 0 Å². The van der Waals surface area contributed by atoms with Gasteiger partial charge in [0, 0.05) is 12.1 Å². The van der Waals surface area contributed by atoms with E-state index in [1.54, 1.807) is 0 Å². The van der Waals surface area contributed by atoms with Gasteiger partial charge in [-0.1, -0.05) is 30.3 Å². The van der Waals surface area contributed by atoms with E-state index in [2.05, 4.69) is 54.6 Å². The Morgan fingerprint density at radius 2 is 2.00 bits per heavy atom. The molecule has 1 fully saturated rings. The fourth-order valence-corrected chi connectivity index (χ4v) is 2.45. The fraction of sp³-hybridized carbons (Fsp3) is 0.538. The summed E-state index contributed by atoms with van der Waals surface area (Å²) in [6.07, 6.45) is 2.41. The van der Waals surface area contributed by atoms with E-state index >= 15 is 0 Å². The molecule has 1 aromatic rings. The zero-order chi connectivity index (χ0) is 10.7. The standard InChI is InChI=1S/C13H20N2/c1-15(2)13-8-9-14-12(13)10-11-6-4-3-5-7-11/h3-7,12-14H,8-10H2,1-2H3/t12-,13+/m0/s1. The molecule has 2 nitrogen and oxygen atoms in total. The molecule has 1 saturated heterocycles. The summed E-state index contributed by atoms with van der Waals surface area (Å²) in [4.78, 5) is 2.34. The quantitative estimate of drug-likeness (QED) is 0.803. The summed E-state index contributed by atoms with van der Waals surface area (Å²) >= 11 is 0. The second kappa shape index (κ2) is 4.77. The Morgan fingerprint density at radius 1 is 1.27 bits per heavy atom. The molecule has 2 atom stereocenters. The van der Waals surface area contributed by atoms with Crippen molar-refractivity contribution in [1.29, 1.82) is 0 Å². The summed E-state index contributed by atoms with van der Waals surface area (Å²) in [5.74, 6) is 0.